The Labute approximate surface area is 76.9 Å². The fourth-order valence-electron chi connectivity index (χ4n) is 2.11. The topological polar surface area (TPSA) is 32.3 Å². The van der Waals surface area contributed by atoms with Gasteiger partial charge in [0.1, 0.15) is 0 Å². The Balaban J connectivity index is 2.18. The van der Waals surface area contributed by atoms with E-state index < -0.39 is 0 Å². The van der Waals surface area contributed by atoms with E-state index in [0.29, 0.717) is 17.3 Å². The van der Waals surface area contributed by atoms with Crippen LogP contribution in [0.4, 0.5) is 4.79 Å². The number of rotatable bonds is 1. The SMILES string of the molecule is CCN1C(=O)NC2CS[C@@H](C)C21. The number of carbonyl (C=O) groups is 1. The van der Waals surface area contributed by atoms with Crippen molar-refractivity contribution in [3.05, 3.63) is 0 Å². The van der Waals surface area contributed by atoms with Crippen LogP contribution in [0.3, 0.4) is 0 Å². The Morgan fingerprint density at radius 3 is 3.17 bits per heavy atom. The Morgan fingerprint density at radius 2 is 2.50 bits per heavy atom. The highest BCUT2D eigenvalue weighted by atomic mass is 32.2. The molecule has 68 valence electrons. The number of nitrogens with zero attached hydrogens (tertiary/aromatic N) is 1. The van der Waals surface area contributed by atoms with E-state index in [4.69, 9.17) is 0 Å². The van der Waals surface area contributed by atoms with E-state index in [9.17, 15) is 4.79 Å². The van der Waals surface area contributed by atoms with Crippen LogP contribution in [0.25, 0.3) is 0 Å². The first-order valence-electron chi connectivity index (χ1n) is 4.42. The summed E-state index contributed by atoms with van der Waals surface area (Å²) in [4.78, 5) is 13.3. The number of carbonyl (C=O) groups excluding carboxylic acids is 1. The number of nitrogens with one attached hydrogen (secondary N) is 1. The molecule has 1 N–H and O–H groups in total. The van der Waals surface area contributed by atoms with Gasteiger partial charge in [0.05, 0.1) is 12.1 Å². The minimum Gasteiger partial charge on any atom is -0.332 e. The van der Waals surface area contributed by atoms with Gasteiger partial charge in [0.2, 0.25) is 0 Å². The van der Waals surface area contributed by atoms with Crippen LogP contribution >= 0.6 is 11.8 Å². The van der Waals surface area contributed by atoms with Crippen molar-refractivity contribution < 1.29 is 4.79 Å². The van der Waals surface area contributed by atoms with Crippen molar-refractivity contribution in [3.8, 4) is 0 Å². The summed E-state index contributed by atoms with van der Waals surface area (Å²) in [6, 6.07) is 0.963. The number of fused-ring (bicyclic) bond motifs is 1. The first-order valence-corrected chi connectivity index (χ1v) is 5.47. The third kappa shape index (κ3) is 1.01. The normalized spacial score (nSPS) is 40.0. The lowest BCUT2D eigenvalue weighted by Gasteiger charge is -2.23. The largest absolute Gasteiger partial charge is 0.332 e. The molecule has 0 aromatic rings. The van der Waals surface area contributed by atoms with Gasteiger partial charge in [0, 0.05) is 17.5 Å². The van der Waals surface area contributed by atoms with Crippen molar-refractivity contribution in [1.82, 2.24) is 10.2 Å². The van der Waals surface area contributed by atoms with Crippen LogP contribution in [-0.2, 0) is 0 Å². The number of urea groups is 1. The van der Waals surface area contributed by atoms with Crippen molar-refractivity contribution in [2.24, 2.45) is 0 Å². The van der Waals surface area contributed by atoms with Crippen LogP contribution in [0.5, 0.6) is 0 Å². The Kier molecular flexibility index (Phi) is 1.94. The van der Waals surface area contributed by atoms with Gasteiger partial charge >= 0.3 is 6.03 Å². The minimum absolute atomic E-state index is 0.125. The molecule has 0 saturated carbocycles. The second kappa shape index (κ2) is 2.83. The van der Waals surface area contributed by atoms with Crippen molar-refractivity contribution in [2.45, 2.75) is 31.2 Å². The predicted octanol–water partition coefficient (Wildman–Crippen LogP) is 0.904. The summed E-state index contributed by atoms with van der Waals surface area (Å²) < 4.78 is 0. The van der Waals surface area contributed by atoms with Gasteiger partial charge < -0.3 is 10.2 Å². The molecule has 2 fully saturated rings. The summed E-state index contributed by atoms with van der Waals surface area (Å²) in [7, 11) is 0. The molecule has 2 rings (SSSR count). The molecule has 3 nitrogen and oxygen atoms in total. The minimum atomic E-state index is 0.125. The molecule has 12 heavy (non-hydrogen) atoms. The first-order chi connectivity index (χ1) is 5.74. The maximum absolute atomic E-state index is 11.4. The second-order valence-electron chi connectivity index (χ2n) is 3.37. The third-order valence-corrected chi connectivity index (χ3v) is 4.06. The van der Waals surface area contributed by atoms with Gasteiger partial charge in [0.15, 0.2) is 0 Å². The number of amides is 2. The number of hydrogen-bond acceptors (Lipinski definition) is 2. The van der Waals surface area contributed by atoms with Crippen LogP contribution in [0, 0.1) is 0 Å². The summed E-state index contributed by atoms with van der Waals surface area (Å²) in [5.74, 6) is 1.08. The smallest absolute Gasteiger partial charge is 0.318 e. The summed E-state index contributed by atoms with van der Waals surface area (Å²) >= 11 is 1.95. The molecule has 0 radical (unpaired) electrons. The lowest BCUT2D eigenvalue weighted by atomic mass is 10.1. The molecule has 0 spiro atoms. The van der Waals surface area contributed by atoms with E-state index in [0.717, 1.165) is 12.3 Å². The molecule has 2 saturated heterocycles. The molecule has 2 heterocycles. The van der Waals surface area contributed by atoms with Crippen LogP contribution in [0.1, 0.15) is 13.8 Å². The zero-order chi connectivity index (χ0) is 8.72. The van der Waals surface area contributed by atoms with Crippen LogP contribution in [0.15, 0.2) is 0 Å². The molecular formula is C8H14N2OS. The fraction of sp³-hybridized carbons (Fsp3) is 0.875. The number of thioether (sulfide) groups is 1. The molecule has 0 aromatic carbocycles. The lowest BCUT2D eigenvalue weighted by molar-refractivity contribution is 0.206. The molecule has 2 aliphatic heterocycles. The van der Waals surface area contributed by atoms with E-state index in [2.05, 4.69) is 12.2 Å². The molecule has 0 aliphatic carbocycles. The molecule has 2 aliphatic rings. The highest BCUT2D eigenvalue weighted by Gasteiger charge is 2.45. The lowest BCUT2D eigenvalue weighted by Crippen LogP contribution is -2.39. The van der Waals surface area contributed by atoms with Crippen LogP contribution in [0.2, 0.25) is 0 Å². The zero-order valence-corrected chi connectivity index (χ0v) is 8.23. The van der Waals surface area contributed by atoms with Crippen LogP contribution < -0.4 is 5.32 Å². The molecule has 2 amide bonds. The molecule has 0 bridgehead atoms. The fourth-order valence-corrected chi connectivity index (χ4v) is 3.43. The Hall–Kier alpha value is -0.380. The maximum atomic E-state index is 11.4. The van der Waals surface area contributed by atoms with Crippen LogP contribution in [-0.4, -0.2) is 40.6 Å². The summed E-state index contributed by atoms with van der Waals surface area (Å²) in [5.41, 5.74) is 0. The van der Waals surface area contributed by atoms with Crippen molar-refractivity contribution in [2.75, 3.05) is 12.3 Å². The summed E-state index contributed by atoms with van der Waals surface area (Å²) in [6.07, 6.45) is 0. The van der Waals surface area contributed by atoms with Gasteiger partial charge in [-0.05, 0) is 6.92 Å². The van der Waals surface area contributed by atoms with E-state index >= 15 is 0 Å². The highest BCUT2D eigenvalue weighted by molar-refractivity contribution is 8.00. The first kappa shape index (κ1) is 8.23. The standard InChI is InChI=1S/C8H14N2OS/c1-3-10-7-5(2)12-4-6(7)9-8(10)11/h5-7H,3-4H2,1-2H3,(H,9,11)/t5-,6?,7?/m0/s1. The van der Waals surface area contributed by atoms with E-state index in [1.807, 2.05) is 23.6 Å². The summed E-state index contributed by atoms with van der Waals surface area (Å²) in [5, 5.41) is 3.60. The average molecular weight is 186 g/mol. The molecule has 2 unspecified atom stereocenters. The van der Waals surface area contributed by atoms with Gasteiger partial charge in [-0.2, -0.15) is 11.8 Å². The van der Waals surface area contributed by atoms with E-state index in [1.165, 1.54) is 0 Å². The summed E-state index contributed by atoms with van der Waals surface area (Å²) in [6.45, 7) is 5.08. The maximum Gasteiger partial charge on any atom is 0.318 e. The van der Waals surface area contributed by atoms with Crippen molar-refractivity contribution in [1.29, 1.82) is 0 Å². The quantitative estimate of drug-likeness (QED) is 0.617. The monoisotopic (exact) mass is 186 g/mol. The Morgan fingerprint density at radius 1 is 1.75 bits per heavy atom. The van der Waals surface area contributed by atoms with Crippen molar-refractivity contribution >= 4 is 17.8 Å². The van der Waals surface area contributed by atoms with Crippen molar-refractivity contribution in [3.63, 3.8) is 0 Å². The predicted molar refractivity (Wildman–Crippen MR) is 50.4 cm³/mol. The van der Waals surface area contributed by atoms with Gasteiger partial charge in [-0.1, -0.05) is 6.92 Å². The van der Waals surface area contributed by atoms with E-state index in [-0.39, 0.29) is 6.03 Å². The molecule has 0 aromatic heterocycles. The molecule has 3 atom stereocenters. The third-order valence-electron chi connectivity index (χ3n) is 2.70. The zero-order valence-electron chi connectivity index (χ0n) is 7.41. The van der Waals surface area contributed by atoms with Gasteiger partial charge in [-0.25, -0.2) is 4.79 Å². The number of hydrogen-bond donors (Lipinski definition) is 1. The van der Waals surface area contributed by atoms with E-state index in [1.54, 1.807) is 0 Å². The molecular weight excluding hydrogens is 172 g/mol. The average Bonchev–Trinajstić information content (AvgIpc) is 2.52. The van der Waals surface area contributed by atoms with Gasteiger partial charge in [-0.15, -0.1) is 0 Å². The highest BCUT2D eigenvalue weighted by Crippen LogP contribution is 2.33. The van der Waals surface area contributed by atoms with Gasteiger partial charge in [-0.3, -0.25) is 0 Å². The molecule has 4 heteroatoms. The second-order valence-corrected chi connectivity index (χ2v) is 4.78. The number of likely N-dealkylation sites (N-methyl/N-ethyl adjacent to an activating group) is 1. The van der Waals surface area contributed by atoms with Gasteiger partial charge in [0.25, 0.3) is 0 Å². The Bertz CT molecular complexity index is 209.